The standard InChI is InChI=1S/C26H25BrN2O7/c1-4-35-21-10-9-19(13-22(21)33-2)25(30)29-28-14-17-11-20(27)24(23(12-17)34-3)36-15-16-5-7-18(8-6-16)26(31)32/h5-14H,4,15H2,1-3H3,(H,29,30)(H,31,32)/b28-14+. The molecule has 3 aromatic rings. The van der Waals surface area contributed by atoms with E-state index < -0.39 is 11.9 Å². The molecule has 0 fully saturated rings. The minimum Gasteiger partial charge on any atom is -0.493 e. The lowest BCUT2D eigenvalue weighted by Crippen LogP contribution is -2.17. The van der Waals surface area contributed by atoms with Crippen LogP contribution in [0, 0.1) is 0 Å². The number of carboxylic acids is 1. The summed E-state index contributed by atoms with van der Waals surface area (Å²) in [5.74, 6) is 0.539. The second-order valence-corrected chi connectivity index (χ2v) is 8.18. The van der Waals surface area contributed by atoms with Crippen molar-refractivity contribution in [3.63, 3.8) is 0 Å². The van der Waals surface area contributed by atoms with E-state index in [0.717, 1.165) is 5.56 Å². The van der Waals surface area contributed by atoms with E-state index in [-0.39, 0.29) is 12.2 Å². The van der Waals surface area contributed by atoms with Crippen LogP contribution in [0.2, 0.25) is 0 Å². The van der Waals surface area contributed by atoms with E-state index in [1.54, 1.807) is 42.5 Å². The zero-order valence-electron chi connectivity index (χ0n) is 19.9. The van der Waals surface area contributed by atoms with Gasteiger partial charge in [0.25, 0.3) is 5.91 Å². The minimum atomic E-state index is -0.987. The number of benzene rings is 3. The fraction of sp³-hybridized carbons (Fsp3) is 0.192. The van der Waals surface area contributed by atoms with Crippen LogP contribution in [0.25, 0.3) is 0 Å². The van der Waals surface area contributed by atoms with Crippen molar-refractivity contribution < 1.29 is 33.6 Å². The molecule has 0 aliphatic rings. The molecule has 188 valence electrons. The highest BCUT2D eigenvalue weighted by Gasteiger charge is 2.13. The number of hydrogen-bond donors (Lipinski definition) is 2. The van der Waals surface area contributed by atoms with E-state index in [1.807, 2.05) is 6.92 Å². The van der Waals surface area contributed by atoms with Crippen LogP contribution in [-0.4, -0.2) is 44.0 Å². The van der Waals surface area contributed by atoms with Crippen LogP contribution in [0.3, 0.4) is 0 Å². The predicted molar refractivity (Wildman–Crippen MR) is 138 cm³/mol. The zero-order valence-corrected chi connectivity index (χ0v) is 21.5. The van der Waals surface area contributed by atoms with Gasteiger partial charge in [0.05, 0.1) is 37.1 Å². The van der Waals surface area contributed by atoms with Crippen molar-refractivity contribution in [3.8, 4) is 23.0 Å². The second-order valence-electron chi connectivity index (χ2n) is 7.32. The Bertz CT molecular complexity index is 1260. The molecule has 3 rings (SSSR count). The van der Waals surface area contributed by atoms with Gasteiger partial charge in [0.2, 0.25) is 0 Å². The highest BCUT2D eigenvalue weighted by Crippen LogP contribution is 2.37. The number of carbonyl (C=O) groups excluding carboxylic acids is 1. The third-order valence-corrected chi connectivity index (χ3v) is 5.53. The van der Waals surface area contributed by atoms with Crippen molar-refractivity contribution >= 4 is 34.0 Å². The Kier molecular flexibility index (Phi) is 9.29. The molecule has 0 unspecified atom stereocenters. The maximum absolute atomic E-state index is 12.5. The van der Waals surface area contributed by atoms with Gasteiger partial charge in [-0.25, -0.2) is 10.2 Å². The maximum atomic E-state index is 12.5. The molecule has 0 bridgehead atoms. The average Bonchev–Trinajstić information content (AvgIpc) is 2.88. The van der Waals surface area contributed by atoms with E-state index in [1.165, 1.54) is 32.6 Å². The molecule has 10 heteroatoms. The van der Waals surface area contributed by atoms with Crippen molar-refractivity contribution in [1.82, 2.24) is 5.43 Å². The molecule has 36 heavy (non-hydrogen) atoms. The van der Waals surface area contributed by atoms with E-state index in [2.05, 4.69) is 26.5 Å². The molecule has 3 aromatic carbocycles. The molecule has 1 amide bonds. The second kappa shape index (κ2) is 12.6. The van der Waals surface area contributed by atoms with E-state index in [9.17, 15) is 9.59 Å². The lowest BCUT2D eigenvalue weighted by molar-refractivity contribution is 0.0696. The highest BCUT2D eigenvalue weighted by atomic mass is 79.9. The Morgan fingerprint density at radius 1 is 0.944 bits per heavy atom. The molecule has 0 atom stereocenters. The SMILES string of the molecule is CCOc1ccc(C(=O)N/N=C/c2cc(Br)c(OCc3ccc(C(=O)O)cc3)c(OC)c2)cc1OC. The summed E-state index contributed by atoms with van der Waals surface area (Å²) in [6.07, 6.45) is 1.48. The lowest BCUT2D eigenvalue weighted by Gasteiger charge is -2.13. The van der Waals surface area contributed by atoms with Gasteiger partial charge in [-0.05, 0) is 76.4 Å². The number of aromatic carboxylic acids is 1. The topological polar surface area (TPSA) is 116 Å². The molecule has 0 aliphatic heterocycles. The molecule has 0 saturated carbocycles. The number of nitrogens with zero attached hydrogens (tertiary/aromatic N) is 1. The van der Waals surface area contributed by atoms with Gasteiger partial charge in [-0.1, -0.05) is 12.1 Å². The average molecular weight is 557 g/mol. The van der Waals surface area contributed by atoms with E-state index in [4.69, 9.17) is 24.1 Å². The Morgan fingerprint density at radius 3 is 2.28 bits per heavy atom. The number of rotatable bonds is 11. The molecule has 2 N–H and O–H groups in total. The van der Waals surface area contributed by atoms with Crippen molar-refractivity contribution in [3.05, 3.63) is 81.3 Å². The fourth-order valence-electron chi connectivity index (χ4n) is 3.17. The number of hydrazone groups is 1. The third-order valence-electron chi connectivity index (χ3n) is 4.94. The quantitative estimate of drug-likeness (QED) is 0.254. The Labute approximate surface area is 216 Å². The maximum Gasteiger partial charge on any atom is 0.335 e. The number of hydrogen-bond acceptors (Lipinski definition) is 7. The van der Waals surface area contributed by atoms with Gasteiger partial charge >= 0.3 is 5.97 Å². The molecule has 0 radical (unpaired) electrons. The van der Waals surface area contributed by atoms with Crippen molar-refractivity contribution in [2.24, 2.45) is 5.10 Å². The Morgan fingerprint density at radius 2 is 1.64 bits per heavy atom. The van der Waals surface area contributed by atoms with E-state index >= 15 is 0 Å². The summed E-state index contributed by atoms with van der Waals surface area (Å²) >= 11 is 3.48. The van der Waals surface area contributed by atoms with Crippen LogP contribution < -0.4 is 24.4 Å². The number of amides is 1. The number of carbonyl (C=O) groups is 2. The van der Waals surface area contributed by atoms with Gasteiger partial charge in [0, 0.05) is 5.56 Å². The largest absolute Gasteiger partial charge is 0.493 e. The molecule has 0 saturated heterocycles. The number of nitrogens with one attached hydrogen (secondary N) is 1. The van der Waals surface area contributed by atoms with Gasteiger partial charge in [-0.15, -0.1) is 0 Å². The monoisotopic (exact) mass is 556 g/mol. The Balaban J connectivity index is 1.67. The number of carboxylic acid groups (broad SMARTS) is 1. The molecule has 9 nitrogen and oxygen atoms in total. The first-order valence-electron chi connectivity index (χ1n) is 10.8. The summed E-state index contributed by atoms with van der Waals surface area (Å²) in [6.45, 7) is 2.56. The molecular weight excluding hydrogens is 532 g/mol. The van der Waals surface area contributed by atoms with E-state index in [0.29, 0.717) is 45.2 Å². The normalized spacial score (nSPS) is 10.7. The van der Waals surface area contributed by atoms with Gasteiger partial charge in [-0.3, -0.25) is 4.79 Å². The summed E-state index contributed by atoms with van der Waals surface area (Å²) in [5, 5.41) is 13.0. The smallest absolute Gasteiger partial charge is 0.335 e. The molecular formula is C26H25BrN2O7. The summed E-state index contributed by atoms with van der Waals surface area (Å²) in [6, 6.07) is 14.8. The predicted octanol–water partition coefficient (Wildman–Crippen LogP) is 4.91. The van der Waals surface area contributed by atoms with Gasteiger partial charge in [0.15, 0.2) is 23.0 Å². The zero-order chi connectivity index (χ0) is 26.1. The number of methoxy groups -OCH3 is 2. The summed E-state index contributed by atoms with van der Waals surface area (Å²) < 4.78 is 22.7. The third kappa shape index (κ3) is 6.76. The summed E-state index contributed by atoms with van der Waals surface area (Å²) in [5.41, 5.74) is 4.51. The van der Waals surface area contributed by atoms with Crippen LogP contribution in [0.1, 0.15) is 38.8 Å². The van der Waals surface area contributed by atoms with Crippen molar-refractivity contribution in [2.45, 2.75) is 13.5 Å². The number of ether oxygens (including phenoxy) is 4. The summed E-state index contributed by atoms with van der Waals surface area (Å²) in [4.78, 5) is 23.5. The van der Waals surface area contributed by atoms with Crippen LogP contribution in [0.4, 0.5) is 0 Å². The molecule has 0 heterocycles. The lowest BCUT2D eigenvalue weighted by atomic mass is 10.1. The molecule has 0 aromatic heterocycles. The van der Waals surface area contributed by atoms with Gasteiger partial charge in [-0.2, -0.15) is 5.10 Å². The van der Waals surface area contributed by atoms with Crippen LogP contribution in [0.5, 0.6) is 23.0 Å². The molecule has 0 spiro atoms. The van der Waals surface area contributed by atoms with Crippen LogP contribution in [0.15, 0.2) is 64.2 Å². The van der Waals surface area contributed by atoms with Crippen LogP contribution >= 0.6 is 15.9 Å². The fourth-order valence-corrected chi connectivity index (χ4v) is 3.74. The first kappa shape index (κ1) is 26.6. The Hall–Kier alpha value is -4.05. The summed E-state index contributed by atoms with van der Waals surface area (Å²) in [7, 11) is 3.02. The van der Waals surface area contributed by atoms with Crippen molar-refractivity contribution in [2.75, 3.05) is 20.8 Å². The first-order chi connectivity index (χ1) is 17.4. The molecule has 0 aliphatic carbocycles. The number of halogens is 1. The van der Waals surface area contributed by atoms with Crippen LogP contribution in [-0.2, 0) is 6.61 Å². The van der Waals surface area contributed by atoms with Gasteiger partial charge < -0.3 is 24.1 Å². The minimum absolute atomic E-state index is 0.204. The highest BCUT2D eigenvalue weighted by molar-refractivity contribution is 9.10. The first-order valence-corrected chi connectivity index (χ1v) is 11.6. The van der Waals surface area contributed by atoms with Gasteiger partial charge in [0.1, 0.15) is 6.61 Å². The van der Waals surface area contributed by atoms with Crippen molar-refractivity contribution in [1.29, 1.82) is 0 Å².